The molecule has 0 aliphatic carbocycles. The van der Waals surface area contributed by atoms with E-state index >= 15 is 0 Å². The third kappa shape index (κ3) is 16.1. The topological polar surface area (TPSA) is 9.23 Å². The molecule has 0 radical (unpaired) electrons. The molecule has 4 heteroatoms. The molecule has 0 spiro atoms. The van der Waals surface area contributed by atoms with Crippen LogP contribution in [0.2, 0.25) is 0 Å². The average Bonchev–Trinajstić information content (AvgIpc) is 0.918. The van der Waals surface area contributed by atoms with Gasteiger partial charge in [-0.15, -0.1) is 0 Å². The third-order valence-electron chi connectivity index (χ3n) is 0. The summed E-state index contributed by atoms with van der Waals surface area (Å²) in [5.74, 6) is 0. The van der Waals surface area contributed by atoms with Gasteiger partial charge in [0.15, 0.2) is 0 Å². The van der Waals surface area contributed by atoms with Crippen LogP contribution in [0.1, 0.15) is 0 Å². The van der Waals surface area contributed by atoms with Crippen molar-refractivity contribution in [2.75, 3.05) is 0 Å². The van der Waals surface area contributed by atoms with Crippen LogP contribution in [0.4, 0.5) is 9.05 Å². The predicted molar refractivity (Wildman–Crippen MR) is 3.30 cm³/mol. The van der Waals surface area contributed by atoms with Crippen LogP contribution < -0.4 is 0 Å². The first-order valence-corrected chi connectivity index (χ1v) is 0.309. The average molecular weight is 232 g/mol. The van der Waals surface area contributed by atoms with Crippen LogP contribution in [-0.4, -0.2) is 0 Å². The van der Waals surface area contributed by atoms with Gasteiger partial charge in [0.05, 0.1) is 0 Å². The van der Waals surface area contributed by atoms with E-state index in [4.69, 9.17) is 9.05 Å². The molecular weight excluding hydrogens is 232 g/mol. The van der Waals surface area contributed by atoms with Crippen LogP contribution in [-0.2, 0) is 31.0 Å². The number of hydrogen-bond acceptors (Lipinski definition) is 1. The van der Waals surface area contributed by atoms with E-state index in [1.54, 1.807) is 0 Å². The summed E-state index contributed by atoms with van der Waals surface area (Å²) in [6, 6.07) is 0. The van der Waals surface area contributed by atoms with Crippen LogP contribution in [0.3, 0.4) is 0 Å². The quantitative estimate of drug-likeness (QED) is 0.561. The first-order valence-electron chi connectivity index (χ1n) is 0.309. The smallest absolute Gasteiger partial charge is 0.0104 e. The van der Waals surface area contributed by atoms with Crippen LogP contribution >= 0.6 is 0 Å². The molecule has 0 aromatic carbocycles. The van der Waals surface area contributed by atoms with Crippen molar-refractivity contribution in [3.8, 4) is 0 Å². The van der Waals surface area contributed by atoms with Gasteiger partial charge in [0.25, 0.3) is 0 Å². The van der Waals surface area contributed by atoms with E-state index < -0.39 is 0 Å². The van der Waals surface area contributed by atoms with Gasteiger partial charge in [-0.05, 0) is 9.05 Å². The fraction of sp³-hybridized carbons (Fsp3) is 0. The summed E-state index contributed by atoms with van der Waals surface area (Å²) < 4.78 is 18.2. The Labute approximate surface area is 40.5 Å². The summed E-state index contributed by atoms with van der Waals surface area (Å²) in [5, 5.41) is 1.25. The van der Waals surface area contributed by atoms with E-state index in [1.807, 2.05) is 0 Å². The third-order valence-corrected chi connectivity index (χ3v) is 0. The largest absolute Gasteiger partial charge is 0.0209 e. The van der Waals surface area contributed by atoms with Crippen molar-refractivity contribution in [2.45, 2.75) is 0 Å². The van der Waals surface area contributed by atoms with Gasteiger partial charge >= 0.3 is 0 Å². The van der Waals surface area contributed by atoms with Crippen molar-refractivity contribution in [3.05, 3.63) is 0 Å². The van der Waals surface area contributed by atoms with E-state index in [0.717, 1.165) is 0 Å². The second kappa shape index (κ2) is 9.35. The van der Waals surface area contributed by atoms with E-state index in [2.05, 4.69) is 0 Å². The Hall–Kier alpha value is 0.690. The first-order chi connectivity index (χ1) is 1.41. The van der Waals surface area contributed by atoms with Gasteiger partial charge in [-0.25, -0.2) is 0 Å². The molecule has 0 N–H and O–H groups in total. The molecule has 0 saturated heterocycles. The van der Waals surface area contributed by atoms with Gasteiger partial charge in [0.2, 0.25) is 0 Å². The molecule has 1 nitrogen and oxygen atoms in total. The Morgan fingerprint density at radius 2 is 1.25 bits per heavy atom. The Kier molecular flexibility index (Phi) is 20.6. The monoisotopic (exact) mass is 234 g/mol. The van der Waals surface area contributed by atoms with Gasteiger partial charge in [0.1, 0.15) is 0 Å². The van der Waals surface area contributed by atoms with Crippen LogP contribution in [0.15, 0.2) is 0 Å². The van der Waals surface area contributed by atoms with Crippen molar-refractivity contribution in [3.63, 3.8) is 0 Å². The van der Waals surface area contributed by atoms with E-state index in [-0.39, 0.29) is 25.8 Å². The van der Waals surface area contributed by atoms with Crippen molar-refractivity contribution >= 4 is 0 Å². The van der Waals surface area contributed by atoms with Crippen LogP contribution in [0.5, 0.6) is 0 Å². The molecule has 0 unspecified atom stereocenters. The summed E-state index contributed by atoms with van der Waals surface area (Å²) in [6.45, 7) is 0. The van der Waals surface area contributed by atoms with Gasteiger partial charge in [-0.1, -0.05) is 0 Å². The zero-order chi connectivity index (χ0) is 2.71. The molecule has 0 aromatic rings. The van der Waals surface area contributed by atoms with Crippen molar-refractivity contribution < 1.29 is 40.0 Å². The zero-order valence-electron chi connectivity index (χ0n) is 1.66. The summed E-state index contributed by atoms with van der Waals surface area (Å²) in [5.41, 5.74) is 0. The molecule has 0 atom stereocenters. The number of halogens is 2. The van der Waals surface area contributed by atoms with Gasteiger partial charge in [-0.2, -0.15) is 0 Å². The van der Waals surface area contributed by atoms with E-state index in [1.165, 1.54) is 5.15 Å². The molecule has 24 valence electrons. The van der Waals surface area contributed by atoms with Crippen molar-refractivity contribution in [1.29, 1.82) is 0 Å². The standard InChI is InChI=1S/F2O.Hf/c1-3-2;. The fourth-order valence-electron chi connectivity index (χ4n) is 0. The molecule has 0 saturated carbocycles. The van der Waals surface area contributed by atoms with Gasteiger partial charge < -0.3 is 0 Å². The molecule has 0 aliphatic rings. The van der Waals surface area contributed by atoms with Gasteiger partial charge in [0, 0.05) is 31.0 Å². The zero-order valence-corrected chi connectivity index (χ0v) is 5.26. The Morgan fingerprint density at radius 1 is 1.25 bits per heavy atom. The fourth-order valence-corrected chi connectivity index (χ4v) is 0. The molecule has 0 fully saturated rings. The van der Waals surface area contributed by atoms with Crippen LogP contribution in [0.25, 0.3) is 0 Å². The Morgan fingerprint density at radius 3 is 1.25 bits per heavy atom. The minimum absolute atomic E-state index is 0. The summed E-state index contributed by atoms with van der Waals surface area (Å²) in [7, 11) is 0. The minimum atomic E-state index is 0. The van der Waals surface area contributed by atoms with E-state index in [0.29, 0.717) is 0 Å². The maximum absolute atomic E-state index is 9.12. The Balaban J connectivity index is 0. The maximum atomic E-state index is 9.12. The SMILES string of the molecule is FOF.[Hf]. The molecule has 0 heterocycles. The summed E-state index contributed by atoms with van der Waals surface area (Å²) >= 11 is 0. The molecule has 0 amide bonds. The number of rotatable bonds is 0. The molecule has 0 aromatic heterocycles. The van der Waals surface area contributed by atoms with Gasteiger partial charge in [-0.3, -0.25) is 0 Å². The first kappa shape index (κ1) is 8.83. The van der Waals surface area contributed by atoms with Crippen molar-refractivity contribution in [2.24, 2.45) is 0 Å². The second-order valence-corrected chi connectivity index (χ2v) is 0.0583. The Bertz CT molecular complexity index is 6.00. The maximum Gasteiger partial charge on any atom is 0.0209 e. The molecule has 0 bridgehead atoms. The summed E-state index contributed by atoms with van der Waals surface area (Å²) in [4.78, 5) is 0. The van der Waals surface area contributed by atoms with Crippen LogP contribution in [0, 0.1) is 0 Å². The second-order valence-electron chi connectivity index (χ2n) is 0.0583. The predicted octanol–water partition coefficient (Wildman–Crippen LogP) is 0.770. The molecule has 4 heavy (non-hydrogen) atoms. The molecule has 0 aliphatic heterocycles. The number of hydrogen-bond donors (Lipinski definition) is 0. The van der Waals surface area contributed by atoms with E-state index in [9.17, 15) is 0 Å². The van der Waals surface area contributed by atoms with Crippen molar-refractivity contribution in [1.82, 2.24) is 0 Å². The normalized spacial score (nSPS) is 4.50. The molecule has 0 rings (SSSR count). The summed E-state index contributed by atoms with van der Waals surface area (Å²) in [6.07, 6.45) is 0. The minimum Gasteiger partial charge on any atom is -0.0104 e. The molecular formula is F2HfO.